The fourth-order valence-corrected chi connectivity index (χ4v) is 3.75. The highest BCUT2D eigenvalue weighted by Crippen LogP contribution is 2.31. The standard InChI is InChI=1S/C19H20ClF3N2O4S/c1-2-3-9-24-30(27,28)15-7-8-17(16(20)11-15)29-12-18(26)25-14-6-4-5-13(10-14)19(21,22)23/h4-8,10-11,24H,2-3,9,12H2,1H3,(H,25,26). The van der Waals surface area contributed by atoms with Gasteiger partial charge < -0.3 is 10.1 Å². The first kappa shape index (κ1) is 24.0. The zero-order valence-corrected chi connectivity index (χ0v) is 17.5. The predicted octanol–water partition coefficient (Wildman–Crippen LogP) is 4.45. The molecule has 0 bridgehead atoms. The van der Waals surface area contributed by atoms with E-state index in [9.17, 15) is 26.4 Å². The number of anilines is 1. The maximum atomic E-state index is 12.7. The Morgan fingerprint density at radius 3 is 2.53 bits per heavy atom. The maximum Gasteiger partial charge on any atom is 0.416 e. The number of unbranched alkanes of at least 4 members (excludes halogenated alkanes) is 1. The summed E-state index contributed by atoms with van der Waals surface area (Å²) in [5.41, 5.74) is -0.933. The number of ether oxygens (including phenoxy) is 1. The largest absolute Gasteiger partial charge is 0.482 e. The van der Waals surface area contributed by atoms with Crippen molar-refractivity contribution in [3.05, 3.63) is 53.1 Å². The van der Waals surface area contributed by atoms with Gasteiger partial charge in [0.25, 0.3) is 5.91 Å². The second-order valence-corrected chi connectivity index (χ2v) is 8.43. The Labute approximate surface area is 177 Å². The SMILES string of the molecule is CCCCNS(=O)(=O)c1ccc(OCC(=O)Nc2cccc(C(F)(F)F)c2)c(Cl)c1. The second kappa shape index (κ2) is 10.1. The molecule has 11 heteroatoms. The lowest BCUT2D eigenvalue weighted by molar-refractivity contribution is -0.137. The molecular formula is C19H20ClF3N2O4S. The number of hydrogen-bond acceptors (Lipinski definition) is 4. The fraction of sp³-hybridized carbons (Fsp3) is 0.316. The number of sulfonamides is 1. The smallest absolute Gasteiger partial charge is 0.416 e. The minimum absolute atomic E-state index is 0.0276. The summed E-state index contributed by atoms with van der Waals surface area (Å²) in [7, 11) is -3.72. The summed E-state index contributed by atoms with van der Waals surface area (Å²) >= 11 is 6.04. The number of rotatable bonds is 9. The zero-order chi connectivity index (χ0) is 22.4. The Hall–Kier alpha value is -2.30. The molecule has 0 heterocycles. The van der Waals surface area contributed by atoms with E-state index in [2.05, 4.69) is 10.0 Å². The van der Waals surface area contributed by atoms with Gasteiger partial charge in [0.2, 0.25) is 10.0 Å². The number of nitrogens with one attached hydrogen (secondary N) is 2. The van der Waals surface area contributed by atoms with Crippen molar-refractivity contribution >= 4 is 33.2 Å². The second-order valence-electron chi connectivity index (χ2n) is 6.26. The van der Waals surface area contributed by atoms with E-state index in [0.717, 1.165) is 18.6 Å². The lowest BCUT2D eigenvalue weighted by Gasteiger charge is -2.12. The van der Waals surface area contributed by atoms with Gasteiger partial charge in [-0.3, -0.25) is 4.79 Å². The Bertz CT molecular complexity index is 998. The maximum absolute atomic E-state index is 12.7. The third-order valence-corrected chi connectivity index (χ3v) is 5.62. The monoisotopic (exact) mass is 464 g/mol. The molecule has 0 aliphatic heterocycles. The minimum Gasteiger partial charge on any atom is -0.482 e. The lowest BCUT2D eigenvalue weighted by Crippen LogP contribution is -2.24. The quantitative estimate of drug-likeness (QED) is 0.537. The summed E-state index contributed by atoms with van der Waals surface area (Å²) in [6, 6.07) is 7.94. The molecule has 1 amide bonds. The van der Waals surface area contributed by atoms with Gasteiger partial charge in [-0.15, -0.1) is 0 Å². The van der Waals surface area contributed by atoms with Crippen LogP contribution < -0.4 is 14.8 Å². The number of halogens is 4. The first-order chi connectivity index (χ1) is 14.0. The molecule has 2 aromatic carbocycles. The summed E-state index contributed by atoms with van der Waals surface area (Å²) in [5.74, 6) is -0.647. The van der Waals surface area contributed by atoms with Crippen LogP contribution in [0.3, 0.4) is 0 Å². The van der Waals surface area contributed by atoms with Crippen LogP contribution in [0.1, 0.15) is 25.3 Å². The number of alkyl halides is 3. The highest BCUT2D eigenvalue weighted by atomic mass is 35.5. The summed E-state index contributed by atoms with van der Waals surface area (Å²) in [6.07, 6.45) is -3.01. The van der Waals surface area contributed by atoms with Crippen LogP contribution in [0.15, 0.2) is 47.4 Å². The molecule has 2 N–H and O–H groups in total. The minimum atomic E-state index is -4.53. The molecule has 0 unspecified atom stereocenters. The van der Waals surface area contributed by atoms with Crippen molar-refractivity contribution in [2.24, 2.45) is 0 Å². The van der Waals surface area contributed by atoms with Gasteiger partial charge in [0.1, 0.15) is 5.75 Å². The number of hydrogen-bond donors (Lipinski definition) is 2. The van der Waals surface area contributed by atoms with Gasteiger partial charge in [-0.2, -0.15) is 13.2 Å². The van der Waals surface area contributed by atoms with E-state index in [-0.39, 0.29) is 21.4 Å². The van der Waals surface area contributed by atoms with Crippen LogP contribution in [-0.2, 0) is 21.0 Å². The van der Waals surface area contributed by atoms with Crippen molar-refractivity contribution in [1.82, 2.24) is 4.72 Å². The first-order valence-electron chi connectivity index (χ1n) is 8.92. The fourth-order valence-electron chi connectivity index (χ4n) is 2.35. The molecule has 0 aliphatic carbocycles. The highest BCUT2D eigenvalue weighted by Gasteiger charge is 2.30. The van der Waals surface area contributed by atoms with Gasteiger partial charge >= 0.3 is 6.18 Å². The van der Waals surface area contributed by atoms with Crippen molar-refractivity contribution in [1.29, 1.82) is 0 Å². The Kier molecular flexibility index (Phi) is 8.10. The van der Waals surface area contributed by atoms with Gasteiger partial charge in [0.15, 0.2) is 6.61 Å². The van der Waals surface area contributed by atoms with E-state index >= 15 is 0 Å². The molecule has 0 atom stereocenters. The third-order valence-electron chi connectivity index (χ3n) is 3.87. The van der Waals surface area contributed by atoms with E-state index in [1.807, 2.05) is 6.92 Å². The molecule has 2 rings (SSSR count). The van der Waals surface area contributed by atoms with Crippen molar-refractivity contribution in [3.8, 4) is 5.75 Å². The van der Waals surface area contributed by atoms with E-state index in [1.54, 1.807) is 0 Å². The van der Waals surface area contributed by atoms with Crippen molar-refractivity contribution in [3.63, 3.8) is 0 Å². The van der Waals surface area contributed by atoms with Crippen LogP contribution >= 0.6 is 11.6 Å². The van der Waals surface area contributed by atoms with Gasteiger partial charge in [0.05, 0.1) is 15.5 Å². The molecule has 0 saturated heterocycles. The first-order valence-corrected chi connectivity index (χ1v) is 10.8. The number of carbonyl (C=O) groups excluding carboxylic acids is 1. The number of amides is 1. The topological polar surface area (TPSA) is 84.5 Å². The number of benzene rings is 2. The molecule has 164 valence electrons. The zero-order valence-electron chi connectivity index (χ0n) is 15.9. The Balaban J connectivity index is 1.98. The van der Waals surface area contributed by atoms with Crippen LogP contribution in [0, 0.1) is 0 Å². The van der Waals surface area contributed by atoms with E-state index in [0.29, 0.717) is 13.0 Å². The molecule has 2 aromatic rings. The molecule has 0 spiro atoms. The molecule has 0 saturated carbocycles. The molecular weight excluding hydrogens is 445 g/mol. The van der Waals surface area contributed by atoms with Gasteiger partial charge in [0, 0.05) is 12.2 Å². The van der Waals surface area contributed by atoms with Crippen LogP contribution in [0.25, 0.3) is 0 Å². The third kappa shape index (κ3) is 6.89. The van der Waals surface area contributed by atoms with Gasteiger partial charge in [-0.25, -0.2) is 13.1 Å². The molecule has 0 aromatic heterocycles. The molecule has 6 nitrogen and oxygen atoms in total. The molecule has 0 radical (unpaired) electrons. The predicted molar refractivity (Wildman–Crippen MR) is 107 cm³/mol. The van der Waals surface area contributed by atoms with Crippen molar-refractivity contribution in [2.75, 3.05) is 18.5 Å². The molecule has 0 fully saturated rings. The molecule has 30 heavy (non-hydrogen) atoms. The van der Waals surface area contributed by atoms with E-state index < -0.39 is 34.3 Å². The van der Waals surface area contributed by atoms with E-state index in [4.69, 9.17) is 16.3 Å². The van der Waals surface area contributed by atoms with Crippen LogP contribution in [-0.4, -0.2) is 27.5 Å². The van der Waals surface area contributed by atoms with E-state index in [1.165, 1.54) is 30.3 Å². The summed E-state index contributed by atoms with van der Waals surface area (Å²) in [4.78, 5) is 11.9. The molecule has 0 aliphatic rings. The Morgan fingerprint density at radius 1 is 1.17 bits per heavy atom. The Morgan fingerprint density at radius 2 is 1.90 bits per heavy atom. The highest BCUT2D eigenvalue weighted by molar-refractivity contribution is 7.89. The van der Waals surface area contributed by atoms with Crippen LogP contribution in [0.4, 0.5) is 18.9 Å². The van der Waals surface area contributed by atoms with Crippen molar-refractivity contribution < 1.29 is 31.1 Å². The lowest BCUT2D eigenvalue weighted by atomic mass is 10.2. The summed E-state index contributed by atoms with van der Waals surface area (Å²) < 4.78 is 70.2. The van der Waals surface area contributed by atoms with Crippen LogP contribution in [0.5, 0.6) is 5.75 Å². The van der Waals surface area contributed by atoms with Crippen molar-refractivity contribution in [2.45, 2.75) is 30.8 Å². The normalized spacial score (nSPS) is 11.9. The van der Waals surface area contributed by atoms with Crippen LogP contribution in [0.2, 0.25) is 5.02 Å². The van der Waals surface area contributed by atoms with Gasteiger partial charge in [-0.1, -0.05) is 31.0 Å². The average molecular weight is 465 g/mol. The van der Waals surface area contributed by atoms with Gasteiger partial charge in [-0.05, 0) is 42.8 Å². The summed E-state index contributed by atoms with van der Waals surface area (Å²) in [5, 5.41) is 2.27. The summed E-state index contributed by atoms with van der Waals surface area (Å²) in [6.45, 7) is 1.70. The average Bonchev–Trinajstić information content (AvgIpc) is 2.66. The number of carbonyl (C=O) groups is 1.